The van der Waals surface area contributed by atoms with E-state index in [1.54, 1.807) is 17.1 Å². The molecule has 2 aromatic rings. The first-order valence-corrected chi connectivity index (χ1v) is 7.30. The lowest BCUT2D eigenvalue weighted by Gasteiger charge is -2.10. The molecule has 1 saturated carbocycles. The van der Waals surface area contributed by atoms with Gasteiger partial charge in [0, 0.05) is 11.6 Å². The van der Waals surface area contributed by atoms with Gasteiger partial charge in [-0.1, -0.05) is 12.8 Å². The highest BCUT2D eigenvalue weighted by atomic mass is 16.1. The molecule has 6 heteroatoms. The van der Waals surface area contributed by atoms with Crippen LogP contribution >= 0.6 is 0 Å². The molecule has 1 aliphatic carbocycles. The number of carbonyl (C=O) groups is 1. The molecule has 21 heavy (non-hydrogen) atoms. The Morgan fingerprint density at radius 3 is 2.48 bits per heavy atom. The Kier molecular flexibility index (Phi) is 3.68. The highest BCUT2D eigenvalue weighted by Crippen LogP contribution is 2.25. The van der Waals surface area contributed by atoms with Crippen LogP contribution in [0.5, 0.6) is 0 Å². The largest absolute Gasteiger partial charge is 0.323 e. The Bertz CT molecular complexity index is 641. The summed E-state index contributed by atoms with van der Waals surface area (Å²) in [5.74, 6) is 0.732. The SMILES string of the molecule is Cc1cc(C)n(-c2ncc(NC(=O)C3CCCC3)cn2)n1. The van der Waals surface area contributed by atoms with Crippen LogP contribution in [-0.2, 0) is 4.79 Å². The fraction of sp³-hybridized carbons (Fsp3) is 0.467. The number of nitrogens with zero attached hydrogens (tertiary/aromatic N) is 4. The number of anilines is 1. The van der Waals surface area contributed by atoms with Crippen LogP contribution in [0, 0.1) is 19.8 Å². The zero-order valence-corrected chi connectivity index (χ0v) is 12.3. The molecule has 0 radical (unpaired) electrons. The molecule has 0 bridgehead atoms. The first kappa shape index (κ1) is 13.7. The minimum Gasteiger partial charge on any atom is -0.323 e. The molecule has 2 aromatic heterocycles. The maximum absolute atomic E-state index is 12.0. The monoisotopic (exact) mass is 285 g/mol. The molecule has 0 spiro atoms. The summed E-state index contributed by atoms with van der Waals surface area (Å²) in [6.45, 7) is 3.89. The van der Waals surface area contributed by atoms with Crippen molar-refractivity contribution in [3.63, 3.8) is 0 Å². The average Bonchev–Trinajstić information content (AvgIpc) is 3.09. The average molecular weight is 285 g/mol. The van der Waals surface area contributed by atoms with Crippen molar-refractivity contribution < 1.29 is 4.79 Å². The lowest BCUT2D eigenvalue weighted by molar-refractivity contribution is -0.119. The summed E-state index contributed by atoms with van der Waals surface area (Å²) in [4.78, 5) is 20.6. The maximum atomic E-state index is 12.0. The molecule has 0 saturated heterocycles. The van der Waals surface area contributed by atoms with Crippen LogP contribution in [0.15, 0.2) is 18.5 Å². The van der Waals surface area contributed by atoms with Gasteiger partial charge in [-0.25, -0.2) is 14.6 Å². The maximum Gasteiger partial charge on any atom is 0.250 e. The van der Waals surface area contributed by atoms with Crippen molar-refractivity contribution in [1.29, 1.82) is 0 Å². The van der Waals surface area contributed by atoms with Crippen molar-refractivity contribution in [2.24, 2.45) is 5.92 Å². The van der Waals surface area contributed by atoms with Gasteiger partial charge in [-0.05, 0) is 32.8 Å². The molecule has 1 fully saturated rings. The fourth-order valence-corrected chi connectivity index (χ4v) is 2.76. The van der Waals surface area contributed by atoms with Gasteiger partial charge in [-0.3, -0.25) is 4.79 Å². The van der Waals surface area contributed by atoms with Crippen molar-refractivity contribution in [3.05, 3.63) is 29.8 Å². The number of hydrogen-bond donors (Lipinski definition) is 1. The fourth-order valence-electron chi connectivity index (χ4n) is 2.76. The Morgan fingerprint density at radius 1 is 1.24 bits per heavy atom. The minimum absolute atomic E-state index is 0.0787. The van der Waals surface area contributed by atoms with Gasteiger partial charge in [0.1, 0.15) is 0 Å². The quantitative estimate of drug-likeness (QED) is 0.940. The first-order chi connectivity index (χ1) is 10.1. The summed E-state index contributed by atoms with van der Waals surface area (Å²) in [5, 5.41) is 7.23. The number of amides is 1. The van der Waals surface area contributed by atoms with Crippen LogP contribution in [0.25, 0.3) is 5.95 Å². The third-order valence-electron chi connectivity index (χ3n) is 3.83. The molecule has 0 aliphatic heterocycles. The molecule has 1 N–H and O–H groups in total. The van der Waals surface area contributed by atoms with Crippen LogP contribution in [0.1, 0.15) is 37.1 Å². The second-order valence-electron chi connectivity index (χ2n) is 5.58. The molecule has 2 heterocycles. The van der Waals surface area contributed by atoms with Crippen LogP contribution in [0.2, 0.25) is 0 Å². The molecule has 0 atom stereocenters. The third kappa shape index (κ3) is 2.94. The molecular weight excluding hydrogens is 266 g/mol. The third-order valence-corrected chi connectivity index (χ3v) is 3.83. The van der Waals surface area contributed by atoms with Crippen molar-refractivity contribution in [2.75, 3.05) is 5.32 Å². The Hall–Kier alpha value is -2.24. The van der Waals surface area contributed by atoms with E-state index in [2.05, 4.69) is 20.4 Å². The van der Waals surface area contributed by atoms with E-state index < -0.39 is 0 Å². The predicted octanol–water partition coefficient (Wildman–Crippen LogP) is 2.41. The van der Waals surface area contributed by atoms with Gasteiger partial charge in [-0.2, -0.15) is 5.10 Å². The van der Waals surface area contributed by atoms with Crippen molar-refractivity contribution in [1.82, 2.24) is 19.7 Å². The normalized spacial score (nSPS) is 15.3. The first-order valence-electron chi connectivity index (χ1n) is 7.30. The summed E-state index contributed by atoms with van der Waals surface area (Å²) in [6, 6.07) is 1.97. The van der Waals surface area contributed by atoms with Crippen molar-refractivity contribution >= 4 is 11.6 Å². The van der Waals surface area contributed by atoms with E-state index in [1.165, 1.54) is 0 Å². The minimum atomic E-state index is 0.0787. The van der Waals surface area contributed by atoms with E-state index in [-0.39, 0.29) is 11.8 Å². The Morgan fingerprint density at radius 2 is 1.90 bits per heavy atom. The zero-order chi connectivity index (χ0) is 14.8. The van der Waals surface area contributed by atoms with Gasteiger partial charge in [0.15, 0.2) is 0 Å². The second kappa shape index (κ2) is 5.63. The summed E-state index contributed by atoms with van der Waals surface area (Å²) in [6.07, 6.45) is 7.52. The number of hydrogen-bond acceptors (Lipinski definition) is 4. The van der Waals surface area contributed by atoms with E-state index >= 15 is 0 Å². The van der Waals surface area contributed by atoms with Gasteiger partial charge in [0.2, 0.25) is 5.91 Å². The molecule has 6 nitrogen and oxygen atoms in total. The Labute approximate surface area is 123 Å². The van der Waals surface area contributed by atoms with Crippen molar-refractivity contribution in [2.45, 2.75) is 39.5 Å². The van der Waals surface area contributed by atoms with Crippen LogP contribution in [-0.4, -0.2) is 25.7 Å². The van der Waals surface area contributed by atoms with E-state index in [0.29, 0.717) is 11.6 Å². The Balaban J connectivity index is 1.72. The number of aryl methyl sites for hydroxylation is 2. The van der Waals surface area contributed by atoms with Gasteiger partial charge in [0.25, 0.3) is 5.95 Å². The number of nitrogens with one attached hydrogen (secondary N) is 1. The molecular formula is C15H19N5O. The second-order valence-corrected chi connectivity index (χ2v) is 5.58. The topological polar surface area (TPSA) is 72.7 Å². The van der Waals surface area contributed by atoms with E-state index in [0.717, 1.165) is 37.1 Å². The van der Waals surface area contributed by atoms with Gasteiger partial charge in [0.05, 0.1) is 23.8 Å². The number of aromatic nitrogens is 4. The molecule has 3 rings (SSSR count). The molecule has 1 aliphatic rings. The summed E-state index contributed by atoms with van der Waals surface area (Å²) >= 11 is 0. The standard InChI is InChI=1S/C15H19N5O/c1-10-7-11(2)20(19-10)15-16-8-13(9-17-15)18-14(21)12-5-3-4-6-12/h7-9,12H,3-6H2,1-2H3,(H,18,21). The van der Waals surface area contributed by atoms with E-state index in [1.807, 2.05) is 19.9 Å². The molecule has 1 amide bonds. The van der Waals surface area contributed by atoms with Crippen molar-refractivity contribution in [3.8, 4) is 5.95 Å². The van der Waals surface area contributed by atoms with Gasteiger partial charge >= 0.3 is 0 Å². The van der Waals surface area contributed by atoms with Crippen LogP contribution < -0.4 is 5.32 Å². The highest BCUT2D eigenvalue weighted by molar-refractivity contribution is 5.92. The summed E-state index contributed by atoms with van der Waals surface area (Å²) in [5.41, 5.74) is 2.54. The smallest absolute Gasteiger partial charge is 0.250 e. The predicted molar refractivity (Wildman–Crippen MR) is 79.2 cm³/mol. The van der Waals surface area contributed by atoms with Crippen LogP contribution in [0.4, 0.5) is 5.69 Å². The van der Waals surface area contributed by atoms with Crippen LogP contribution in [0.3, 0.4) is 0 Å². The van der Waals surface area contributed by atoms with Gasteiger partial charge < -0.3 is 5.32 Å². The lowest BCUT2D eigenvalue weighted by Crippen LogP contribution is -2.20. The summed E-state index contributed by atoms with van der Waals surface area (Å²) in [7, 11) is 0. The lowest BCUT2D eigenvalue weighted by atomic mass is 10.1. The summed E-state index contributed by atoms with van der Waals surface area (Å²) < 4.78 is 1.69. The molecule has 0 aromatic carbocycles. The highest BCUT2D eigenvalue weighted by Gasteiger charge is 2.22. The van der Waals surface area contributed by atoms with E-state index in [4.69, 9.17) is 0 Å². The number of rotatable bonds is 3. The van der Waals surface area contributed by atoms with E-state index in [9.17, 15) is 4.79 Å². The zero-order valence-electron chi connectivity index (χ0n) is 12.3. The molecule has 0 unspecified atom stereocenters. The van der Waals surface area contributed by atoms with Gasteiger partial charge in [-0.15, -0.1) is 0 Å². The number of carbonyl (C=O) groups excluding carboxylic acids is 1. The molecule has 110 valence electrons.